The number of ether oxygens (including phenoxy) is 5. The zero-order valence-electron chi connectivity index (χ0n) is 17.8. The van der Waals surface area contributed by atoms with Crippen LogP contribution in [0.4, 0.5) is 0 Å². The van der Waals surface area contributed by atoms with Gasteiger partial charge in [0.05, 0.1) is 46.7 Å². The van der Waals surface area contributed by atoms with Crippen molar-refractivity contribution < 1.29 is 23.7 Å². The largest absolute Gasteiger partial charge is 0.496 e. The molecule has 1 aromatic rings. The Kier molecular flexibility index (Phi) is 12.8. The Balaban J connectivity index is 0.00000420. The molecule has 8 nitrogen and oxygen atoms in total. The second-order valence-corrected chi connectivity index (χ2v) is 6.52. The van der Waals surface area contributed by atoms with E-state index >= 15 is 0 Å². The Morgan fingerprint density at radius 2 is 1.86 bits per heavy atom. The number of hydrogen-bond acceptors (Lipinski definition) is 6. The Bertz CT molecular complexity index is 599. The van der Waals surface area contributed by atoms with Gasteiger partial charge in [-0.25, -0.2) is 0 Å². The molecule has 2 rings (SSSR count). The van der Waals surface area contributed by atoms with Crippen LogP contribution in [0.2, 0.25) is 0 Å². The van der Waals surface area contributed by atoms with Gasteiger partial charge >= 0.3 is 0 Å². The lowest BCUT2D eigenvalue weighted by Crippen LogP contribution is -2.37. The van der Waals surface area contributed by atoms with E-state index in [9.17, 15) is 0 Å². The quantitative estimate of drug-likeness (QED) is 0.200. The van der Waals surface area contributed by atoms with Gasteiger partial charge in [0.2, 0.25) is 0 Å². The summed E-state index contributed by atoms with van der Waals surface area (Å²) in [5.41, 5.74) is 0.899. The van der Waals surface area contributed by atoms with Crippen LogP contribution in [0, 0.1) is 5.92 Å². The number of methoxy groups -OCH3 is 3. The standard InChI is InChI=1S/C20H33N3O5.HI/c1-21-20(22-7-5-8-27-13-15-6-9-28-14-15)23-12-17-18(25-3)10-16(24-2)11-19(17)26-4;/h10-11,15H,5-9,12-14H2,1-4H3,(H2,21,22,23);1H. The number of aliphatic imine (C=N–C) groups is 1. The smallest absolute Gasteiger partial charge is 0.191 e. The number of nitrogens with one attached hydrogen (secondary N) is 2. The molecule has 1 heterocycles. The molecule has 0 radical (unpaired) electrons. The number of nitrogens with zero attached hydrogens (tertiary/aromatic N) is 1. The van der Waals surface area contributed by atoms with Crippen LogP contribution in [-0.2, 0) is 16.0 Å². The Morgan fingerprint density at radius 3 is 2.41 bits per heavy atom. The second kappa shape index (κ2) is 14.5. The van der Waals surface area contributed by atoms with Gasteiger partial charge in [-0.2, -0.15) is 0 Å². The molecule has 0 amide bonds. The molecular weight excluding hydrogens is 489 g/mol. The van der Waals surface area contributed by atoms with Crippen molar-refractivity contribution in [2.45, 2.75) is 19.4 Å². The van der Waals surface area contributed by atoms with Crippen molar-refractivity contribution >= 4 is 29.9 Å². The maximum Gasteiger partial charge on any atom is 0.191 e. The summed E-state index contributed by atoms with van der Waals surface area (Å²) in [6, 6.07) is 3.67. The lowest BCUT2D eigenvalue weighted by atomic mass is 10.1. The second-order valence-electron chi connectivity index (χ2n) is 6.52. The molecule has 9 heteroatoms. The third kappa shape index (κ3) is 8.43. The first kappa shape index (κ1) is 25.6. The first-order chi connectivity index (χ1) is 13.7. The molecule has 1 aliphatic rings. The molecule has 1 aromatic carbocycles. The molecule has 0 aromatic heterocycles. The van der Waals surface area contributed by atoms with Crippen molar-refractivity contribution in [1.29, 1.82) is 0 Å². The van der Waals surface area contributed by atoms with E-state index in [4.69, 9.17) is 23.7 Å². The maximum atomic E-state index is 5.72. The van der Waals surface area contributed by atoms with Gasteiger partial charge in [-0.1, -0.05) is 0 Å². The fraction of sp³-hybridized carbons (Fsp3) is 0.650. The van der Waals surface area contributed by atoms with Crippen LogP contribution >= 0.6 is 24.0 Å². The van der Waals surface area contributed by atoms with Gasteiger partial charge in [0.1, 0.15) is 17.2 Å². The first-order valence-corrected chi connectivity index (χ1v) is 9.60. The van der Waals surface area contributed by atoms with E-state index in [-0.39, 0.29) is 24.0 Å². The van der Waals surface area contributed by atoms with Gasteiger partial charge in [-0.15, -0.1) is 24.0 Å². The molecule has 2 N–H and O–H groups in total. The first-order valence-electron chi connectivity index (χ1n) is 9.60. The third-order valence-corrected chi connectivity index (χ3v) is 4.61. The Morgan fingerprint density at radius 1 is 1.14 bits per heavy atom. The SMILES string of the molecule is CN=C(NCCCOCC1CCOC1)NCc1c(OC)cc(OC)cc1OC.I. The van der Waals surface area contributed by atoms with Crippen LogP contribution < -0.4 is 24.8 Å². The summed E-state index contributed by atoms with van der Waals surface area (Å²) in [6.07, 6.45) is 2.01. The number of benzene rings is 1. The minimum Gasteiger partial charge on any atom is -0.496 e. The molecule has 0 spiro atoms. The third-order valence-electron chi connectivity index (χ3n) is 4.61. The van der Waals surface area contributed by atoms with E-state index in [1.807, 2.05) is 12.1 Å². The molecule has 1 fully saturated rings. The van der Waals surface area contributed by atoms with Crippen molar-refractivity contribution in [2.75, 3.05) is 61.3 Å². The average molecular weight is 523 g/mol. The molecule has 1 unspecified atom stereocenters. The lowest BCUT2D eigenvalue weighted by Gasteiger charge is -2.17. The number of guanidine groups is 1. The van der Waals surface area contributed by atoms with Gasteiger partial charge < -0.3 is 34.3 Å². The molecule has 1 atom stereocenters. The van der Waals surface area contributed by atoms with Crippen LogP contribution in [0.1, 0.15) is 18.4 Å². The van der Waals surface area contributed by atoms with Gasteiger partial charge in [-0.05, 0) is 12.8 Å². The minimum atomic E-state index is 0. The van der Waals surface area contributed by atoms with Crippen molar-refractivity contribution in [1.82, 2.24) is 10.6 Å². The van der Waals surface area contributed by atoms with E-state index < -0.39 is 0 Å². The molecule has 0 aliphatic carbocycles. The van der Waals surface area contributed by atoms with Crippen molar-refractivity contribution in [2.24, 2.45) is 10.9 Å². The normalized spacial score (nSPS) is 16.1. The predicted octanol–water partition coefficient (Wildman–Crippen LogP) is 2.44. The number of hydrogen-bond donors (Lipinski definition) is 2. The summed E-state index contributed by atoms with van der Waals surface area (Å²) < 4.78 is 27.3. The highest BCUT2D eigenvalue weighted by Crippen LogP contribution is 2.33. The molecule has 166 valence electrons. The highest BCUT2D eigenvalue weighted by molar-refractivity contribution is 14.0. The van der Waals surface area contributed by atoms with Crippen molar-refractivity contribution in [3.8, 4) is 17.2 Å². The van der Waals surface area contributed by atoms with Crippen molar-refractivity contribution in [3.05, 3.63) is 17.7 Å². The van der Waals surface area contributed by atoms with Gasteiger partial charge in [0.25, 0.3) is 0 Å². The highest BCUT2D eigenvalue weighted by atomic mass is 127. The molecular formula is C20H34IN3O5. The fourth-order valence-corrected chi connectivity index (χ4v) is 2.99. The summed E-state index contributed by atoms with van der Waals surface area (Å²) in [4.78, 5) is 4.26. The van der Waals surface area contributed by atoms with Gasteiger partial charge in [0.15, 0.2) is 5.96 Å². The van der Waals surface area contributed by atoms with E-state index in [0.29, 0.717) is 35.7 Å². The Hall–Kier alpha value is -1.46. The van der Waals surface area contributed by atoms with E-state index in [0.717, 1.165) is 51.4 Å². The Labute approximate surface area is 190 Å². The summed E-state index contributed by atoms with van der Waals surface area (Å²) in [5, 5.41) is 6.58. The lowest BCUT2D eigenvalue weighted by molar-refractivity contribution is 0.0888. The van der Waals surface area contributed by atoms with E-state index in [1.54, 1.807) is 28.4 Å². The van der Waals surface area contributed by atoms with E-state index in [2.05, 4.69) is 15.6 Å². The van der Waals surface area contributed by atoms with Crippen molar-refractivity contribution in [3.63, 3.8) is 0 Å². The summed E-state index contributed by atoms with van der Waals surface area (Å²) in [7, 11) is 6.61. The summed E-state index contributed by atoms with van der Waals surface area (Å²) >= 11 is 0. The van der Waals surface area contributed by atoms with Crippen LogP contribution in [0.25, 0.3) is 0 Å². The predicted molar refractivity (Wildman–Crippen MR) is 124 cm³/mol. The molecule has 1 saturated heterocycles. The summed E-state index contributed by atoms with van der Waals surface area (Å²) in [5.74, 6) is 3.34. The number of halogens is 1. The molecule has 0 bridgehead atoms. The zero-order valence-corrected chi connectivity index (χ0v) is 20.1. The van der Waals surface area contributed by atoms with Crippen LogP contribution in [-0.4, -0.2) is 67.3 Å². The van der Waals surface area contributed by atoms with Gasteiger partial charge in [0, 0.05) is 44.9 Å². The molecule has 0 saturated carbocycles. The average Bonchev–Trinajstić information content (AvgIpc) is 3.25. The van der Waals surface area contributed by atoms with Gasteiger partial charge in [-0.3, -0.25) is 4.99 Å². The maximum absolute atomic E-state index is 5.72. The highest BCUT2D eigenvalue weighted by Gasteiger charge is 2.15. The fourth-order valence-electron chi connectivity index (χ4n) is 2.99. The molecule has 1 aliphatic heterocycles. The monoisotopic (exact) mass is 523 g/mol. The zero-order chi connectivity index (χ0) is 20.2. The summed E-state index contributed by atoms with van der Waals surface area (Å²) in [6.45, 7) is 4.48. The van der Waals surface area contributed by atoms with E-state index in [1.165, 1.54) is 0 Å². The number of rotatable bonds is 11. The molecule has 29 heavy (non-hydrogen) atoms. The topological polar surface area (TPSA) is 82.6 Å². The van der Waals surface area contributed by atoms with Crippen LogP contribution in [0.15, 0.2) is 17.1 Å². The minimum absolute atomic E-state index is 0. The van der Waals surface area contributed by atoms with Crippen LogP contribution in [0.3, 0.4) is 0 Å². The van der Waals surface area contributed by atoms with Crippen LogP contribution in [0.5, 0.6) is 17.2 Å².